The molecule has 2 aliphatic rings. The number of hydrogen-bond acceptors (Lipinski definition) is 1. The molecule has 3 unspecified atom stereocenters. The van der Waals surface area contributed by atoms with Crippen molar-refractivity contribution in [3.05, 3.63) is 12.2 Å². The number of aliphatic hydroxyl groups is 1. The highest BCUT2D eigenvalue weighted by Crippen LogP contribution is 2.56. The fraction of sp³-hybridized carbons (Fsp3) is 0.867. The maximum Gasteiger partial charge on any atom is 0.0625 e. The molecule has 92 valence electrons. The smallest absolute Gasteiger partial charge is 0.0625 e. The van der Waals surface area contributed by atoms with E-state index in [-0.39, 0.29) is 0 Å². The molecule has 0 heterocycles. The first-order valence-corrected chi connectivity index (χ1v) is 6.75. The third-order valence-electron chi connectivity index (χ3n) is 5.01. The van der Waals surface area contributed by atoms with E-state index in [0.717, 1.165) is 0 Å². The van der Waals surface area contributed by atoms with Crippen molar-refractivity contribution < 1.29 is 5.11 Å². The van der Waals surface area contributed by atoms with Gasteiger partial charge in [-0.1, -0.05) is 25.5 Å². The first kappa shape index (κ1) is 12.2. The van der Waals surface area contributed by atoms with Crippen LogP contribution in [0.2, 0.25) is 0 Å². The Labute approximate surface area is 99.9 Å². The van der Waals surface area contributed by atoms with Crippen LogP contribution in [-0.4, -0.2) is 10.7 Å². The molecule has 0 spiro atoms. The average molecular weight is 222 g/mol. The summed E-state index contributed by atoms with van der Waals surface area (Å²) in [6, 6.07) is 0. The third kappa shape index (κ3) is 1.95. The topological polar surface area (TPSA) is 20.2 Å². The molecular weight excluding hydrogens is 196 g/mol. The summed E-state index contributed by atoms with van der Waals surface area (Å²) in [5, 5.41) is 10.4. The maximum atomic E-state index is 10.4. The van der Waals surface area contributed by atoms with Crippen LogP contribution in [0.15, 0.2) is 12.2 Å². The predicted octanol–water partition coefficient (Wildman–Crippen LogP) is 3.92. The lowest BCUT2D eigenvalue weighted by atomic mass is 9.53. The van der Waals surface area contributed by atoms with Gasteiger partial charge in [0.1, 0.15) is 0 Å². The third-order valence-corrected chi connectivity index (χ3v) is 5.01. The zero-order chi connectivity index (χ0) is 12.0. The Balaban J connectivity index is 2.31. The number of hydrogen-bond donors (Lipinski definition) is 1. The second-order valence-electron chi connectivity index (χ2n) is 6.80. The van der Waals surface area contributed by atoms with Gasteiger partial charge in [-0.15, -0.1) is 0 Å². The summed E-state index contributed by atoms with van der Waals surface area (Å²) in [7, 11) is 0. The van der Waals surface area contributed by atoms with Gasteiger partial charge in [0.25, 0.3) is 0 Å². The first-order valence-electron chi connectivity index (χ1n) is 6.75. The van der Waals surface area contributed by atoms with Gasteiger partial charge in [0.05, 0.1) is 5.60 Å². The van der Waals surface area contributed by atoms with Crippen LogP contribution < -0.4 is 0 Å². The van der Waals surface area contributed by atoms with E-state index in [1.165, 1.54) is 44.1 Å². The van der Waals surface area contributed by atoms with Crippen molar-refractivity contribution in [1.82, 2.24) is 0 Å². The van der Waals surface area contributed by atoms with Gasteiger partial charge < -0.3 is 5.11 Å². The Hall–Kier alpha value is -0.300. The zero-order valence-electron chi connectivity index (χ0n) is 11.1. The van der Waals surface area contributed by atoms with Crippen molar-refractivity contribution >= 4 is 0 Å². The Morgan fingerprint density at radius 1 is 1.31 bits per heavy atom. The summed E-state index contributed by atoms with van der Waals surface area (Å²) >= 11 is 0. The standard InChI is InChI=1S/C15H26O/c1-11-7-5-9-15(4)10-6-8-12(13(11)15)14(2,3)16/h12-13,16H,1,5-10H2,2-4H3. The lowest BCUT2D eigenvalue weighted by Crippen LogP contribution is -2.48. The lowest BCUT2D eigenvalue weighted by molar-refractivity contribution is -0.0682. The van der Waals surface area contributed by atoms with Gasteiger partial charge in [0.15, 0.2) is 0 Å². The summed E-state index contributed by atoms with van der Waals surface area (Å²) in [6.07, 6.45) is 7.56. The van der Waals surface area contributed by atoms with E-state index >= 15 is 0 Å². The van der Waals surface area contributed by atoms with Crippen molar-refractivity contribution in [3.63, 3.8) is 0 Å². The van der Waals surface area contributed by atoms with Crippen LogP contribution in [0.3, 0.4) is 0 Å². The second kappa shape index (κ2) is 3.87. The monoisotopic (exact) mass is 222 g/mol. The minimum atomic E-state index is -0.549. The van der Waals surface area contributed by atoms with E-state index in [0.29, 0.717) is 17.3 Å². The Morgan fingerprint density at radius 3 is 2.56 bits per heavy atom. The zero-order valence-corrected chi connectivity index (χ0v) is 11.1. The molecule has 2 rings (SSSR count). The molecule has 0 radical (unpaired) electrons. The van der Waals surface area contributed by atoms with Crippen LogP contribution in [0.25, 0.3) is 0 Å². The van der Waals surface area contributed by atoms with Crippen molar-refractivity contribution in [2.75, 3.05) is 0 Å². The Kier molecular flexibility index (Phi) is 2.94. The molecule has 0 saturated heterocycles. The second-order valence-corrected chi connectivity index (χ2v) is 6.80. The molecule has 1 N–H and O–H groups in total. The molecule has 16 heavy (non-hydrogen) atoms. The average Bonchev–Trinajstić information content (AvgIpc) is 2.14. The van der Waals surface area contributed by atoms with E-state index < -0.39 is 5.60 Å². The fourth-order valence-electron chi connectivity index (χ4n) is 4.23. The minimum absolute atomic E-state index is 0.415. The first-order chi connectivity index (χ1) is 7.34. The highest BCUT2D eigenvalue weighted by atomic mass is 16.3. The van der Waals surface area contributed by atoms with Crippen LogP contribution in [-0.2, 0) is 0 Å². The molecule has 1 nitrogen and oxygen atoms in total. The summed E-state index contributed by atoms with van der Waals surface area (Å²) in [5.74, 6) is 0.967. The molecular formula is C15H26O. The van der Waals surface area contributed by atoms with Crippen molar-refractivity contribution in [2.24, 2.45) is 17.3 Å². The van der Waals surface area contributed by atoms with Crippen molar-refractivity contribution in [1.29, 1.82) is 0 Å². The molecule has 3 atom stereocenters. The van der Waals surface area contributed by atoms with Gasteiger partial charge >= 0.3 is 0 Å². The number of rotatable bonds is 1. The molecule has 1 heteroatoms. The molecule has 2 saturated carbocycles. The summed E-state index contributed by atoms with van der Waals surface area (Å²) in [5.41, 5.74) is 1.27. The highest BCUT2D eigenvalue weighted by Gasteiger charge is 2.49. The maximum absolute atomic E-state index is 10.4. The van der Waals surface area contributed by atoms with E-state index in [2.05, 4.69) is 13.5 Å². The fourth-order valence-corrected chi connectivity index (χ4v) is 4.23. The number of fused-ring (bicyclic) bond motifs is 1. The van der Waals surface area contributed by atoms with Gasteiger partial charge in [-0.25, -0.2) is 0 Å². The van der Waals surface area contributed by atoms with E-state index in [1.807, 2.05) is 13.8 Å². The predicted molar refractivity (Wildman–Crippen MR) is 68.2 cm³/mol. The van der Waals surface area contributed by atoms with E-state index in [4.69, 9.17) is 0 Å². The van der Waals surface area contributed by atoms with Crippen LogP contribution in [0, 0.1) is 17.3 Å². The van der Waals surface area contributed by atoms with E-state index in [9.17, 15) is 5.11 Å². The van der Waals surface area contributed by atoms with Gasteiger partial charge in [-0.05, 0) is 63.2 Å². The van der Waals surface area contributed by atoms with Gasteiger partial charge in [0.2, 0.25) is 0 Å². The largest absolute Gasteiger partial charge is 0.390 e. The minimum Gasteiger partial charge on any atom is -0.390 e. The molecule has 2 fully saturated rings. The SMILES string of the molecule is C=C1CCCC2(C)CCCC(C(C)(C)O)C12. The summed E-state index contributed by atoms with van der Waals surface area (Å²) < 4.78 is 0. The molecule has 2 aliphatic carbocycles. The molecule has 0 aliphatic heterocycles. The Bertz CT molecular complexity index is 282. The van der Waals surface area contributed by atoms with Crippen LogP contribution in [0.5, 0.6) is 0 Å². The van der Waals surface area contributed by atoms with Crippen LogP contribution in [0.1, 0.15) is 59.3 Å². The number of allylic oxidation sites excluding steroid dienone is 1. The summed E-state index contributed by atoms with van der Waals surface area (Å²) in [4.78, 5) is 0. The molecule has 0 aromatic carbocycles. The molecule has 0 aromatic rings. The van der Waals surface area contributed by atoms with Gasteiger partial charge in [-0.2, -0.15) is 0 Å². The molecule has 0 bridgehead atoms. The van der Waals surface area contributed by atoms with Crippen LogP contribution >= 0.6 is 0 Å². The Morgan fingerprint density at radius 2 is 1.94 bits per heavy atom. The van der Waals surface area contributed by atoms with E-state index in [1.54, 1.807) is 0 Å². The molecule has 0 aromatic heterocycles. The quantitative estimate of drug-likeness (QED) is 0.667. The van der Waals surface area contributed by atoms with Gasteiger partial charge in [-0.3, -0.25) is 0 Å². The van der Waals surface area contributed by atoms with Crippen LogP contribution in [0.4, 0.5) is 0 Å². The van der Waals surface area contributed by atoms with Gasteiger partial charge in [0, 0.05) is 0 Å². The van der Waals surface area contributed by atoms with Crippen molar-refractivity contribution in [3.8, 4) is 0 Å². The normalized spacial score (nSPS) is 40.6. The van der Waals surface area contributed by atoms with Crippen molar-refractivity contribution in [2.45, 2.75) is 64.9 Å². The highest BCUT2D eigenvalue weighted by molar-refractivity contribution is 5.15. The summed E-state index contributed by atoms with van der Waals surface area (Å²) in [6.45, 7) is 10.7. The lowest BCUT2D eigenvalue weighted by Gasteiger charge is -2.53. The molecule has 0 amide bonds.